The molecule has 0 saturated carbocycles. The van der Waals surface area contributed by atoms with Gasteiger partial charge in [-0.3, -0.25) is 0 Å². The number of nitrogens with one attached hydrogen (secondary N) is 1. The molecular formula is C17H28N2. The lowest BCUT2D eigenvalue weighted by Crippen LogP contribution is -2.43. The van der Waals surface area contributed by atoms with Crippen LogP contribution in [0, 0.1) is 20.8 Å². The SMILES string of the molecule is Cc1cc(C)c(CCCCN2CCNCC2)cc1C. The van der Waals surface area contributed by atoms with E-state index in [9.17, 15) is 0 Å². The Kier molecular flexibility index (Phi) is 5.41. The number of nitrogens with zero attached hydrogens (tertiary/aromatic N) is 1. The molecule has 2 nitrogen and oxygen atoms in total. The van der Waals surface area contributed by atoms with E-state index in [0.717, 1.165) is 13.1 Å². The molecule has 0 aliphatic carbocycles. The highest BCUT2D eigenvalue weighted by atomic mass is 15.2. The molecule has 19 heavy (non-hydrogen) atoms. The molecule has 0 unspecified atom stereocenters. The molecule has 1 heterocycles. The van der Waals surface area contributed by atoms with Gasteiger partial charge < -0.3 is 10.2 Å². The van der Waals surface area contributed by atoms with Gasteiger partial charge in [-0.1, -0.05) is 12.1 Å². The van der Waals surface area contributed by atoms with Gasteiger partial charge in [0.1, 0.15) is 0 Å². The number of unbranched alkanes of at least 4 members (excludes halogenated alkanes) is 1. The lowest BCUT2D eigenvalue weighted by atomic mass is 9.97. The molecule has 0 amide bonds. The fourth-order valence-electron chi connectivity index (χ4n) is 2.88. The molecule has 1 aromatic rings. The summed E-state index contributed by atoms with van der Waals surface area (Å²) < 4.78 is 0. The monoisotopic (exact) mass is 260 g/mol. The molecular weight excluding hydrogens is 232 g/mol. The molecule has 106 valence electrons. The number of hydrogen-bond acceptors (Lipinski definition) is 2. The summed E-state index contributed by atoms with van der Waals surface area (Å²) >= 11 is 0. The van der Waals surface area contributed by atoms with E-state index in [-0.39, 0.29) is 0 Å². The second-order valence-corrected chi connectivity index (χ2v) is 5.91. The van der Waals surface area contributed by atoms with Gasteiger partial charge >= 0.3 is 0 Å². The van der Waals surface area contributed by atoms with Crippen LogP contribution in [-0.2, 0) is 6.42 Å². The third-order valence-electron chi connectivity index (χ3n) is 4.33. The van der Waals surface area contributed by atoms with Crippen molar-refractivity contribution in [2.45, 2.75) is 40.0 Å². The van der Waals surface area contributed by atoms with Crippen LogP contribution >= 0.6 is 0 Å². The summed E-state index contributed by atoms with van der Waals surface area (Å²) in [6.07, 6.45) is 3.87. The molecule has 0 spiro atoms. The topological polar surface area (TPSA) is 15.3 Å². The fourth-order valence-corrected chi connectivity index (χ4v) is 2.88. The molecule has 2 rings (SSSR count). The normalized spacial score (nSPS) is 16.8. The van der Waals surface area contributed by atoms with Crippen molar-refractivity contribution in [3.63, 3.8) is 0 Å². The zero-order valence-corrected chi connectivity index (χ0v) is 12.8. The van der Waals surface area contributed by atoms with Crippen molar-refractivity contribution in [1.82, 2.24) is 10.2 Å². The maximum Gasteiger partial charge on any atom is 0.0107 e. The van der Waals surface area contributed by atoms with Crippen LogP contribution in [0.5, 0.6) is 0 Å². The average Bonchev–Trinajstić information content (AvgIpc) is 2.41. The van der Waals surface area contributed by atoms with Crippen LogP contribution in [0.1, 0.15) is 35.1 Å². The summed E-state index contributed by atoms with van der Waals surface area (Å²) in [6.45, 7) is 12.7. The van der Waals surface area contributed by atoms with Crippen molar-refractivity contribution in [1.29, 1.82) is 0 Å². The largest absolute Gasteiger partial charge is 0.314 e. The van der Waals surface area contributed by atoms with Gasteiger partial charge in [-0.15, -0.1) is 0 Å². The Morgan fingerprint density at radius 2 is 1.63 bits per heavy atom. The van der Waals surface area contributed by atoms with Crippen molar-refractivity contribution in [3.8, 4) is 0 Å². The summed E-state index contributed by atoms with van der Waals surface area (Å²) in [5.74, 6) is 0. The highest BCUT2D eigenvalue weighted by molar-refractivity contribution is 5.36. The minimum atomic E-state index is 1.16. The molecule has 0 aromatic heterocycles. The number of rotatable bonds is 5. The first-order valence-corrected chi connectivity index (χ1v) is 7.66. The van der Waals surface area contributed by atoms with E-state index >= 15 is 0 Å². The number of benzene rings is 1. The lowest BCUT2D eigenvalue weighted by Gasteiger charge is -2.27. The molecule has 1 fully saturated rings. The van der Waals surface area contributed by atoms with Gasteiger partial charge in [-0.2, -0.15) is 0 Å². The van der Waals surface area contributed by atoms with Crippen LogP contribution in [0.4, 0.5) is 0 Å². The van der Waals surface area contributed by atoms with E-state index in [2.05, 4.69) is 43.1 Å². The molecule has 1 N–H and O–H groups in total. The molecule has 1 aliphatic heterocycles. The molecule has 1 saturated heterocycles. The lowest BCUT2D eigenvalue weighted by molar-refractivity contribution is 0.237. The first-order valence-electron chi connectivity index (χ1n) is 7.66. The van der Waals surface area contributed by atoms with Gasteiger partial charge in [0.25, 0.3) is 0 Å². The minimum absolute atomic E-state index is 1.16. The Bertz CT molecular complexity index is 406. The van der Waals surface area contributed by atoms with Crippen LogP contribution in [0.25, 0.3) is 0 Å². The van der Waals surface area contributed by atoms with Gasteiger partial charge in [0.05, 0.1) is 0 Å². The van der Waals surface area contributed by atoms with Gasteiger partial charge in [0.2, 0.25) is 0 Å². The van der Waals surface area contributed by atoms with E-state index in [1.165, 1.54) is 55.6 Å². The second kappa shape index (κ2) is 7.06. The standard InChI is InChI=1S/C17H28N2/c1-14-12-16(3)17(13-15(14)2)6-4-5-9-19-10-7-18-8-11-19/h12-13,18H,4-11H2,1-3H3. The highest BCUT2D eigenvalue weighted by Gasteiger charge is 2.08. The van der Waals surface area contributed by atoms with Crippen LogP contribution < -0.4 is 5.32 Å². The van der Waals surface area contributed by atoms with E-state index < -0.39 is 0 Å². The van der Waals surface area contributed by atoms with Crippen LogP contribution in [0.3, 0.4) is 0 Å². The maximum absolute atomic E-state index is 3.41. The van der Waals surface area contributed by atoms with E-state index in [1.807, 2.05) is 0 Å². The first kappa shape index (κ1) is 14.5. The van der Waals surface area contributed by atoms with Gasteiger partial charge in [-0.05, 0) is 68.8 Å². The Balaban J connectivity index is 1.74. The second-order valence-electron chi connectivity index (χ2n) is 5.91. The van der Waals surface area contributed by atoms with Crippen LogP contribution in [0.15, 0.2) is 12.1 Å². The quantitative estimate of drug-likeness (QED) is 0.819. The minimum Gasteiger partial charge on any atom is -0.314 e. The highest BCUT2D eigenvalue weighted by Crippen LogP contribution is 2.17. The molecule has 1 aromatic carbocycles. The average molecular weight is 260 g/mol. The van der Waals surface area contributed by atoms with Crippen molar-refractivity contribution >= 4 is 0 Å². The van der Waals surface area contributed by atoms with E-state index in [4.69, 9.17) is 0 Å². The maximum atomic E-state index is 3.41. The molecule has 0 atom stereocenters. The predicted octanol–water partition coefficient (Wildman–Crippen LogP) is 2.84. The molecule has 1 aliphatic rings. The van der Waals surface area contributed by atoms with Crippen molar-refractivity contribution < 1.29 is 0 Å². The Labute approximate surface area is 118 Å². The Morgan fingerprint density at radius 3 is 2.37 bits per heavy atom. The predicted molar refractivity (Wildman–Crippen MR) is 82.9 cm³/mol. The van der Waals surface area contributed by atoms with E-state index in [0.29, 0.717) is 0 Å². The zero-order chi connectivity index (χ0) is 13.7. The Hall–Kier alpha value is -0.860. The van der Waals surface area contributed by atoms with Gasteiger partial charge in [0, 0.05) is 26.2 Å². The first-order chi connectivity index (χ1) is 9.16. The summed E-state index contributed by atoms with van der Waals surface area (Å²) in [5, 5.41) is 3.41. The summed E-state index contributed by atoms with van der Waals surface area (Å²) in [5.41, 5.74) is 5.86. The van der Waals surface area contributed by atoms with Crippen LogP contribution in [0.2, 0.25) is 0 Å². The van der Waals surface area contributed by atoms with Crippen molar-refractivity contribution in [2.24, 2.45) is 0 Å². The zero-order valence-electron chi connectivity index (χ0n) is 12.8. The Morgan fingerprint density at radius 1 is 0.947 bits per heavy atom. The summed E-state index contributed by atoms with van der Waals surface area (Å²) in [6, 6.07) is 4.72. The molecule has 0 bridgehead atoms. The molecule has 0 radical (unpaired) electrons. The van der Waals surface area contributed by atoms with Crippen LogP contribution in [-0.4, -0.2) is 37.6 Å². The number of piperazine rings is 1. The number of hydrogen-bond donors (Lipinski definition) is 1. The van der Waals surface area contributed by atoms with Gasteiger partial charge in [0.15, 0.2) is 0 Å². The summed E-state index contributed by atoms with van der Waals surface area (Å²) in [7, 11) is 0. The van der Waals surface area contributed by atoms with Gasteiger partial charge in [-0.25, -0.2) is 0 Å². The fraction of sp³-hybridized carbons (Fsp3) is 0.647. The van der Waals surface area contributed by atoms with E-state index in [1.54, 1.807) is 5.56 Å². The van der Waals surface area contributed by atoms with Crippen molar-refractivity contribution in [2.75, 3.05) is 32.7 Å². The number of aryl methyl sites for hydroxylation is 4. The summed E-state index contributed by atoms with van der Waals surface area (Å²) in [4.78, 5) is 2.59. The smallest absolute Gasteiger partial charge is 0.0107 e. The van der Waals surface area contributed by atoms with Crippen molar-refractivity contribution in [3.05, 3.63) is 34.4 Å². The molecule has 2 heteroatoms. The third kappa shape index (κ3) is 4.32. The third-order valence-corrected chi connectivity index (χ3v) is 4.33.